The fourth-order valence-corrected chi connectivity index (χ4v) is 0.473. The Morgan fingerprint density at radius 1 is 1.70 bits per heavy atom. The van der Waals surface area contributed by atoms with Gasteiger partial charge < -0.3 is 16.6 Å². The van der Waals surface area contributed by atoms with E-state index in [0.29, 0.717) is 0 Å². The molecule has 0 unspecified atom stereocenters. The predicted octanol–water partition coefficient (Wildman–Crippen LogP) is -0.915. The minimum absolute atomic E-state index is 0.180. The molecule has 0 radical (unpaired) electrons. The van der Waals surface area contributed by atoms with E-state index < -0.39 is 18.2 Å². The molecule has 5 heteroatoms. The Bertz CT molecular complexity index is 120. The second kappa shape index (κ2) is 4.19. The fourth-order valence-electron chi connectivity index (χ4n) is 0.473. The topological polar surface area (TPSA) is 89.3 Å². The van der Waals surface area contributed by atoms with Gasteiger partial charge in [-0.05, 0) is 0 Å². The third kappa shape index (κ3) is 3.37. The lowest BCUT2D eigenvalue weighted by Crippen LogP contribution is -2.34. The first kappa shape index (κ1) is 9.32. The molecule has 2 atom stereocenters. The van der Waals surface area contributed by atoms with Gasteiger partial charge in [0.15, 0.2) is 0 Å². The molecule has 4 nitrogen and oxygen atoms in total. The Kier molecular flexibility index (Phi) is 3.90. The number of alkyl halides is 1. The molecule has 5 N–H and O–H groups in total. The molecule has 0 heterocycles. The second-order valence-electron chi connectivity index (χ2n) is 2.01. The monoisotopic (exact) mass is 150 g/mol. The van der Waals surface area contributed by atoms with Gasteiger partial charge in [-0.15, -0.1) is 0 Å². The number of hydrogen-bond donors (Lipinski definition) is 3. The maximum absolute atomic E-state index is 12.3. The zero-order valence-electron chi connectivity index (χ0n) is 5.46. The van der Waals surface area contributed by atoms with Crippen molar-refractivity contribution in [2.75, 3.05) is 6.54 Å². The molecule has 0 saturated carbocycles. The first-order valence-electron chi connectivity index (χ1n) is 2.90. The van der Waals surface area contributed by atoms with E-state index in [-0.39, 0.29) is 13.0 Å². The van der Waals surface area contributed by atoms with E-state index >= 15 is 0 Å². The van der Waals surface area contributed by atoms with E-state index in [1.807, 2.05) is 0 Å². The standard InChI is InChI=1S/C5H11FN2O2/c6-3(2-7)1-4(8)5(9)10/h3-4H,1-2,7-8H2,(H,9,10)/t3-,4+/m1/s1. The maximum Gasteiger partial charge on any atom is 0.320 e. The summed E-state index contributed by atoms with van der Waals surface area (Å²) in [4.78, 5) is 10.0. The van der Waals surface area contributed by atoms with Gasteiger partial charge in [-0.1, -0.05) is 0 Å². The second-order valence-corrected chi connectivity index (χ2v) is 2.01. The van der Waals surface area contributed by atoms with Crippen molar-refractivity contribution in [3.63, 3.8) is 0 Å². The molecule has 0 saturated heterocycles. The summed E-state index contributed by atoms with van der Waals surface area (Å²) in [7, 11) is 0. The first-order chi connectivity index (χ1) is 4.57. The number of carboxylic acid groups (broad SMARTS) is 1. The third-order valence-electron chi connectivity index (χ3n) is 1.08. The van der Waals surface area contributed by atoms with Gasteiger partial charge in [0.1, 0.15) is 12.2 Å². The molecular formula is C5H11FN2O2. The fraction of sp³-hybridized carbons (Fsp3) is 0.800. The van der Waals surface area contributed by atoms with Crippen molar-refractivity contribution in [1.29, 1.82) is 0 Å². The summed E-state index contributed by atoms with van der Waals surface area (Å²) in [5, 5.41) is 8.19. The van der Waals surface area contributed by atoms with Crippen LogP contribution in [-0.4, -0.2) is 29.8 Å². The highest BCUT2D eigenvalue weighted by molar-refractivity contribution is 5.73. The van der Waals surface area contributed by atoms with Gasteiger partial charge in [0.2, 0.25) is 0 Å². The molecule has 0 aliphatic carbocycles. The van der Waals surface area contributed by atoms with Crippen molar-refractivity contribution in [1.82, 2.24) is 0 Å². The maximum atomic E-state index is 12.3. The van der Waals surface area contributed by atoms with Crippen molar-refractivity contribution in [2.24, 2.45) is 11.5 Å². The molecule has 0 fully saturated rings. The highest BCUT2D eigenvalue weighted by atomic mass is 19.1. The number of carbonyl (C=O) groups is 1. The van der Waals surface area contributed by atoms with Gasteiger partial charge in [-0.3, -0.25) is 4.79 Å². The Hall–Kier alpha value is -0.680. The molecule has 0 aliphatic rings. The molecule has 0 aromatic heterocycles. The molecule has 0 bridgehead atoms. The number of aliphatic carboxylic acids is 1. The van der Waals surface area contributed by atoms with Gasteiger partial charge >= 0.3 is 5.97 Å². The number of carboxylic acids is 1. The quantitative estimate of drug-likeness (QED) is 0.483. The van der Waals surface area contributed by atoms with E-state index in [0.717, 1.165) is 0 Å². The average molecular weight is 150 g/mol. The Morgan fingerprint density at radius 2 is 2.20 bits per heavy atom. The summed E-state index contributed by atoms with van der Waals surface area (Å²) in [5.41, 5.74) is 9.89. The molecule has 0 spiro atoms. The van der Waals surface area contributed by atoms with Gasteiger partial charge in [-0.2, -0.15) is 0 Å². The lowest BCUT2D eigenvalue weighted by Gasteiger charge is -2.07. The van der Waals surface area contributed by atoms with Crippen LogP contribution in [0.15, 0.2) is 0 Å². The van der Waals surface area contributed by atoms with Crippen molar-refractivity contribution in [3.05, 3.63) is 0 Å². The van der Waals surface area contributed by atoms with Gasteiger partial charge in [0.05, 0.1) is 0 Å². The lowest BCUT2D eigenvalue weighted by molar-refractivity contribution is -0.139. The molecule has 60 valence electrons. The molecule has 0 amide bonds. The van der Waals surface area contributed by atoms with Gasteiger partial charge in [0, 0.05) is 13.0 Å². The van der Waals surface area contributed by atoms with Crippen molar-refractivity contribution in [2.45, 2.75) is 18.6 Å². The first-order valence-corrected chi connectivity index (χ1v) is 2.90. The molecule has 10 heavy (non-hydrogen) atoms. The van der Waals surface area contributed by atoms with Crippen LogP contribution in [0, 0.1) is 0 Å². The minimum atomic E-state index is -1.31. The van der Waals surface area contributed by atoms with Gasteiger partial charge in [-0.25, -0.2) is 4.39 Å². The lowest BCUT2D eigenvalue weighted by atomic mass is 10.1. The van der Waals surface area contributed by atoms with Crippen molar-refractivity contribution >= 4 is 5.97 Å². The average Bonchev–Trinajstić information content (AvgIpc) is 1.87. The highest BCUT2D eigenvalue weighted by Crippen LogP contribution is 1.98. The summed E-state index contributed by atoms with van der Waals surface area (Å²) in [6.07, 6.45) is -1.53. The van der Waals surface area contributed by atoms with Crippen LogP contribution in [0.5, 0.6) is 0 Å². The van der Waals surface area contributed by atoms with Crippen LogP contribution in [0.3, 0.4) is 0 Å². The summed E-state index contributed by atoms with van der Waals surface area (Å²) in [5.74, 6) is -1.20. The van der Waals surface area contributed by atoms with E-state index in [4.69, 9.17) is 16.6 Å². The summed E-state index contributed by atoms with van der Waals surface area (Å²) in [6.45, 7) is -0.180. The molecule has 0 rings (SSSR count). The number of rotatable bonds is 4. The Labute approximate surface area is 58.0 Å². The van der Waals surface area contributed by atoms with Crippen LogP contribution in [0.4, 0.5) is 4.39 Å². The highest BCUT2D eigenvalue weighted by Gasteiger charge is 2.16. The van der Waals surface area contributed by atoms with Gasteiger partial charge in [0.25, 0.3) is 0 Å². The smallest absolute Gasteiger partial charge is 0.320 e. The van der Waals surface area contributed by atoms with E-state index in [2.05, 4.69) is 0 Å². The van der Waals surface area contributed by atoms with Crippen LogP contribution >= 0.6 is 0 Å². The summed E-state index contributed by atoms with van der Waals surface area (Å²) >= 11 is 0. The van der Waals surface area contributed by atoms with E-state index in [1.54, 1.807) is 0 Å². The number of hydrogen-bond acceptors (Lipinski definition) is 3. The van der Waals surface area contributed by atoms with E-state index in [1.165, 1.54) is 0 Å². The van der Waals surface area contributed by atoms with Crippen LogP contribution in [0.25, 0.3) is 0 Å². The Morgan fingerprint density at radius 3 is 2.50 bits per heavy atom. The summed E-state index contributed by atoms with van der Waals surface area (Å²) in [6, 6.07) is -1.14. The van der Waals surface area contributed by atoms with Crippen molar-refractivity contribution < 1.29 is 14.3 Å². The Balaban J connectivity index is 3.56. The van der Waals surface area contributed by atoms with Crippen LogP contribution in [0.2, 0.25) is 0 Å². The molecule has 0 aromatic carbocycles. The van der Waals surface area contributed by atoms with Crippen LogP contribution in [0.1, 0.15) is 6.42 Å². The summed E-state index contributed by atoms with van der Waals surface area (Å²) < 4.78 is 12.3. The molecule has 0 aliphatic heterocycles. The SMILES string of the molecule is NC[C@H](F)C[C@H](N)C(=O)O. The van der Waals surface area contributed by atoms with Crippen LogP contribution in [-0.2, 0) is 4.79 Å². The third-order valence-corrected chi connectivity index (χ3v) is 1.08. The minimum Gasteiger partial charge on any atom is -0.480 e. The largest absolute Gasteiger partial charge is 0.480 e. The normalized spacial score (nSPS) is 16.3. The van der Waals surface area contributed by atoms with Crippen molar-refractivity contribution in [3.8, 4) is 0 Å². The zero-order valence-corrected chi connectivity index (χ0v) is 5.46. The van der Waals surface area contributed by atoms with Crippen LogP contribution < -0.4 is 11.5 Å². The van der Waals surface area contributed by atoms with E-state index in [9.17, 15) is 9.18 Å². The molecular weight excluding hydrogens is 139 g/mol. The molecule has 0 aromatic rings. The number of halogens is 1. The number of nitrogens with two attached hydrogens (primary N) is 2. The predicted molar refractivity (Wildman–Crippen MR) is 34.2 cm³/mol. The zero-order chi connectivity index (χ0) is 8.15.